The second-order valence-corrected chi connectivity index (χ2v) is 4.98. The number of halogens is 1. The quantitative estimate of drug-likeness (QED) is 0.897. The molecule has 1 saturated heterocycles. The van der Waals surface area contributed by atoms with E-state index in [4.69, 9.17) is 4.74 Å². The molecule has 1 atom stereocenters. The van der Waals surface area contributed by atoms with Gasteiger partial charge in [0.2, 0.25) is 0 Å². The molecule has 1 N–H and O–H groups in total. The van der Waals surface area contributed by atoms with Gasteiger partial charge in [0.15, 0.2) is 0 Å². The van der Waals surface area contributed by atoms with Gasteiger partial charge in [0.1, 0.15) is 11.6 Å². The van der Waals surface area contributed by atoms with E-state index in [-0.39, 0.29) is 11.5 Å². The number of carbonyl (C=O) groups is 1. The summed E-state index contributed by atoms with van der Waals surface area (Å²) in [6, 6.07) is 4.66. The van der Waals surface area contributed by atoms with E-state index in [1.165, 1.54) is 19.2 Å². The standard InChI is InChI=1S/C15H21FN2O2/c1-3-18(10-11-5-4-8-17-11)15(19)13-7-6-12(20-2)9-14(13)16/h6-7,9,11,17H,3-5,8,10H2,1-2H3. The van der Waals surface area contributed by atoms with Gasteiger partial charge in [-0.05, 0) is 38.4 Å². The highest BCUT2D eigenvalue weighted by Crippen LogP contribution is 2.18. The Bertz CT molecular complexity index is 473. The van der Waals surface area contributed by atoms with Crippen LogP contribution < -0.4 is 10.1 Å². The van der Waals surface area contributed by atoms with Gasteiger partial charge < -0.3 is 15.0 Å². The predicted molar refractivity (Wildman–Crippen MR) is 75.6 cm³/mol. The highest BCUT2D eigenvalue weighted by molar-refractivity contribution is 5.94. The molecular formula is C15H21FN2O2. The number of nitrogens with one attached hydrogen (secondary N) is 1. The minimum atomic E-state index is -0.535. The molecule has 0 spiro atoms. The van der Waals surface area contributed by atoms with Crippen molar-refractivity contribution < 1.29 is 13.9 Å². The lowest BCUT2D eigenvalue weighted by molar-refractivity contribution is 0.0746. The number of methoxy groups -OCH3 is 1. The molecule has 2 rings (SSSR count). The van der Waals surface area contributed by atoms with Crippen LogP contribution in [0.25, 0.3) is 0 Å². The van der Waals surface area contributed by atoms with Crippen molar-refractivity contribution in [3.05, 3.63) is 29.6 Å². The number of rotatable bonds is 5. The number of likely N-dealkylation sites (N-methyl/N-ethyl adjacent to an activating group) is 1. The summed E-state index contributed by atoms with van der Waals surface area (Å²) in [5.41, 5.74) is 0.102. The zero-order chi connectivity index (χ0) is 14.5. The smallest absolute Gasteiger partial charge is 0.256 e. The summed E-state index contributed by atoms with van der Waals surface area (Å²) >= 11 is 0. The summed E-state index contributed by atoms with van der Waals surface area (Å²) in [7, 11) is 1.47. The highest BCUT2D eigenvalue weighted by Gasteiger charge is 2.23. The van der Waals surface area contributed by atoms with Crippen LogP contribution in [0.1, 0.15) is 30.1 Å². The first-order valence-electron chi connectivity index (χ1n) is 7.02. The Morgan fingerprint density at radius 1 is 1.55 bits per heavy atom. The van der Waals surface area contributed by atoms with E-state index in [2.05, 4.69) is 5.32 Å². The topological polar surface area (TPSA) is 41.6 Å². The molecular weight excluding hydrogens is 259 g/mol. The van der Waals surface area contributed by atoms with Crippen molar-refractivity contribution >= 4 is 5.91 Å². The zero-order valence-electron chi connectivity index (χ0n) is 12.0. The lowest BCUT2D eigenvalue weighted by atomic mass is 10.1. The van der Waals surface area contributed by atoms with Crippen LogP contribution >= 0.6 is 0 Å². The normalized spacial score (nSPS) is 18.1. The van der Waals surface area contributed by atoms with Gasteiger partial charge >= 0.3 is 0 Å². The number of benzene rings is 1. The van der Waals surface area contributed by atoms with E-state index in [1.54, 1.807) is 11.0 Å². The molecule has 0 saturated carbocycles. The first-order valence-corrected chi connectivity index (χ1v) is 7.02. The molecule has 0 radical (unpaired) electrons. The van der Waals surface area contributed by atoms with Gasteiger partial charge in [-0.1, -0.05) is 0 Å². The molecule has 1 heterocycles. The van der Waals surface area contributed by atoms with Crippen molar-refractivity contribution in [2.75, 3.05) is 26.7 Å². The monoisotopic (exact) mass is 280 g/mol. The van der Waals surface area contributed by atoms with Crippen molar-refractivity contribution in [1.29, 1.82) is 0 Å². The SMILES string of the molecule is CCN(CC1CCCN1)C(=O)c1ccc(OC)cc1F. The molecule has 0 bridgehead atoms. The summed E-state index contributed by atoms with van der Waals surface area (Å²) in [5, 5.41) is 3.35. The van der Waals surface area contributed by atoms with Crippen LogP contribution in [0.3, 0.4) is 0 Å². The van der Waals surface area contributed by atoms with Crippen LogP contribution in [0, 0.1) is 5.82 Å². The molecule has 1 aliphatic rings. The third-order valence-corrected chi connectivity index (χ3v) is 3.68. The first-order chi connectivity index (χ1) is 9.65. The molecule has 20 heavy (non-hydrogen) atoms. The van der Waals surface area contributed by atoms with E-state index in [9.17, 15) is 9.18 Å². The minimum absolute atomic E-state index is 0.102. The zero-order valence-corrected chi connectivity index (χ0v) is 12.0. The largest absolute Gasteiger partial charge is 0.497 e. The molecule has 1 fully saturated rings. The first kappa shape index (κ1) is 14.8. The van der Waals surface area contributed by atoms with Gasteiger partial charge in [0, 0.05) is 25.2 Å². The molecule has 0 aliphatic carbocycles. The maximum absolute atomic E-state index is 14.0. The third-order valence-electron chi connectivity index (χ3n) is 3.68. The number of hydrogen-bond donors (Lipinski definition) is 1. The van der Waals surface area contributed by atoms with Crippen LogP contribution in [-0.4, -0.2) is 43.6 Å². The van der Waals surface area contributed by atoms with E-state index in [0.29, 0.717) is 24.9 Å². The van der Waals surface area contributed by atoms with Gasteiger partial charge in [0.25, 0.3) is 5.91 Å². The summed E-state index contributed by atoms with van der Waals surface area (Å²) in [6.45, 7) is 4.10. The highest BCUT2D eigenvalue weighted by atomic mass is 19.1. The lowest BCUT2D eigenvalue weighted by Crippen LogP contribution is -2.41. The van der Waals surface area contributed by atoms with Crippen molar-refractivity contribution in [2.45, 2.75) is 25.8 Å². The van der Waals surface area contributed by atoms with Crippen LogP contribution in [-0.2, 0) is 0 Å². The van der Waals surface area contributed by atoms with Crippen molar-refractivity contribution in [3.8, 4) is 5.75 Å². The molecule has 4 nitrogen and oxygen atoms in total. The maximum Gasteiger partial charge on any atom is 0.256 e. The second kappa shape index (κ2) is 6.70. The van der Waals surface area contributed by atoms with E-state index in [0.717, 1.165) is 19.4 Å². The van der Waals surface area contributed by atoms with Crippen molar-refractivity contribution in [3.63, 3.8) is 0 Å². The summed E-state index contributed by atoms with van der Waals surface area (Å²) in [5.74, 6) is -0.381. The number of amides is 1. The third kappa shape index (κ3) is 3.28. The van der Waals surface area contributed by atoms with Crippen molar-refractivity contribution in [2.24, 2.45) is 0 Å². The van der Waals surface area contributed by atoms with Gasteiger partial charge in [-0.15, -0.1) is 0 Å². The number of nitrogens with zero attached hydrogens (tertiary/aromatic N) is 1. The molecule has 5 heteroatoms. The molecule has 1 aromatic rings. The Morgan fingerprint density at radius 3 is 2.90 bits per heavy atom. The Morgan fingerprint density at radius 2 is 2.35 bits per heavy atom. The second-order valence-electron chi connectivity index (χ2n) is 4.98. The molecule has 1 aromatic carbocycles. The summed E-state index contributed by atoms with van der Waals surface area (Å²) in [4.78, 5) is 14.1. The van der Waals surface area contributed by atoms with E-state index >= 15 is 0 Å². The van der Waals surface area contributed by atoms with Crippen LogP contribution in [0.5, 0.6) is 5.75 Å². The van der Waals surface area contributed by atoms with Gasteiger partial charge in [-0.2, -0.15) is 0 Å². The Labute approximate surface area is 118 Å². The van der Waals surface area contributed by atoms with Crippen LogP contribution in [0.4, 0.5) is 4.39 Å². The van der Waals surface area contributed by atoms with Gasteiger partial charge in [-0.3, -0.25) is 4.79 Å². The molecule has 0 aromatic heterocycles. The maximum atomic E-state index is 14.0. The Hall–Kier alpha value is -1.62. The number of ether oxygens (including phenoxy) is 1. The average molecular weight is 280 g/mol. The van der Waals surface area contributed by atoms with E-state index in [1.807, 2.05) is 6.92 Å². The summed E-state index contributed by atoms with van der Waals surface area (Å²) in [6.07, 6.45) is 2.20. The molecule has 1 amide bonds. The van der Waals surface area contributed by atoms with Gasteiger partial charge in [-0.25, -0.2) is 4.39 Å². The van der Waals surface area contributed by atoms with Crippen LogP contribution in [0.2, 0.25) is 0 Å². The van der Waals surface area contributed by atoms with Crippen molar-refractivity contribution in [1.82, 2.24) is 10.2 Å². The lowest BCUT2D eigenvalue weighted by Gasteiger charge is -2.24. The summed E-state index contributed by atoms with van der Waals surface area (Å²) < 4.78 is 18.9. The average Bonchev–Trinajstić information content (AvgIpc) is 2.96. The fraction of sp³-hybridized carbons (Fsp3) is 0.533. The Kier molecular flexibility index (Phi) is 4.95. The molecule has 110 valence electrons. The Balaban J connectivity index is 2.11. The number of hydrogen-bond acceptors (Lipinski definition) is 3. The van der Waals surface area contributed by atoms with Crippen LogP contribution in [0.15, 0.2) is 18.2 Å². The fourth-order valence-corrected chi connectivity index (χ4v) is 2.50. The molecule has 1 unspecified atom stereocenters. The van der Waals surface area contributed by atoms with Gasteiger partial charge in [0.05, 0.1) is 12.7 Å². The number of carbonyl (C=O) groups excluding carboxylic acids is 1. The predicted octanol–water partition coefficient (Wildman–Crippen LogP) is 2.05. The fourth-order valence-electron chi connectivity index (χ4n) is 2.50. The molecule has 1 aliphatic heterocycles. The minimum Gasteiger partial charge on any atom is -0.497 e. The van der Waals surface area contributed by atoms with E-state index < -0.39 is 5.82 Å².